The number of ketones is 1. The zero-order valence-corrected chi connectivity index (χ0v) is 8.00. The Morgan fingerprint density at radius 2 is 2.23 bits per heavy atom. The normalized spacial score (nSPS) is 11.2. The summed E-state index contributed by atoms with van der Waals surface area (Å²) in [6.45, 7) is 6.73. The van der Waals surface area contributed by atoms with Crippen molar-refractivity contribution in [3.05, 3.63) is 18.4 Å². The predicted molar refractivity (Wildman–Crippen MR) is 49.1 cm³/mol. The van der Waals surface area contributed by atoms with Gasteiger partial charge < -0.3 is 4.74 Å². The van der Waals surface area contributed by atoms with Crippen LogP contribution in [0.4, 0.5) is 0 Å². The molecular formula is C10H14O3. The summed E-state index contributed by atoms with van der Waals surface area (Å²) in [6, 6.07) is 0. The quantitative estimate of drug-likeness (QED) is 0.367. The average molecular weight is 182 g/mol. The molecule has 3 heteroatoms. The fraction of sp³-hybridized carbons (Fsp3) is 0.500. The van der Waals surface area contributed by atoms with Crippen LogP contribution in [0, 0.1) is 5.92 Å². The van der Waals surface area contributed by atoms with Crippen LogP contribution >= 0.6 is 0 Å². The number of carbonyl (C=O) groups is 2. The molecule has 0 heterocycles. The fourth-order valence-corrected chi connectivity index (χ4v) is 0.872. The molecular weight excluding hydrogens is 168 g/mol. The van der Waals surface area contributed by atoms with Crippen molar-refractivity contribution >= 4 is 11.8 Å². The summed E-state index contributed by atoms with van der Waals surface area (Å²) >= 11 is 0. The smallest absolute Gasteiger partial charge is 0.316 e. The van der Waals surface area contributed by atoms with E-state index in [1.165, 1.54) is 6.92 Å². The van der Waals surface area contributed by atoms with Gasteiger partial charge in [-0.2, -0.15) is 0 Å². The number of carbonyl (C=O) groups excluding carboxylic acids is 2. The van der Waals surface area contributed by atoms with Gasteiger partial charge in [-0.3, -0.25) is 9.59 Å². The van der Waals surface area contributed by atoms with Gasteiger partial charge in [-0.25, -0.2) is 0 Å². The number of hydrogen-bond donors (Lipinski definition) is 0. The predicted octanol–water partition coefficient (Wildman–Crippen LogP) is 1.49. The minimum atomic E-state index is -0.700. The van der Waals surface area contributed by atoms with E-state index in [0.717, 1.165) is 0 Å². The van der Waals surface area contributed by atoms with Crippen LogP contribution in [-0.2, 0) is 14.3 Å². The zero-order valence-electron chi connectivity index (χ0n) is 8.00. The van der Waals surface area contributed by atoms with E-state index in [9.17, 15) is 9.59 Å². The van der Waals surface area contributed by atoms with Crippen LogP contribution in [0.2, 0.25) is 0 Å². The number of rotatable bonds is 5. The van der Waals surface area contributed by atoms with E-state index in [1.54, 1.807) is 13.0 Å². The number of Topliss-reactive ketones (excluding diaryl/α,β-unsaturated/α-hetero) is 1. The summed E-state index contributed by atoms with van der Waals surface area (Å²) in [7, 11) is 0. The second-order valence-electron chi connectivity index (χ2n) is 2.56. The van der Waals surface area contributed by atoms with E-state index in [0.29, 0.717) is 13.0 Å². The molecule has 3 nitrogen and oxygen atoms in total. The first-order valence-electron chi connectivity index (χ1n) is 4.14. The molecule has 0 radical (unpaired) electrons. The Kier molecular flexibility index (Phi) is 5.57. The van der Waals surface area contributed by atoms with Crippen LogP contribution in [0.1, 0.15) is 20.3 Å². The zero-order chi connectivity index (χ0) is 10.3. The minimum absolute atomic E-state index is 0.190. The van der Waals surface area contributed by atoms with E-state index >= 15 is 0 Å². The van der Waals surface area contributed by atoms with Crippen molar-refractivity contribution in [1.29, 1.82) is 0 Å². The van der Waals surface area contributed by atoms with Crippen LogP contribution < -0.4 is 0 Å². The Labute approximate surface area is 78.1 Å². The van der Waals surface area contributed by atoms with Gasteiger partial charge in [0.2, 0.25) is 0 Å². The number of esters is 1. The third-order valence-electron chi connectivity index (χ3n) is 1.56. The lowest BCUT2D eigenvalue weighted by atomic mass is 10.0. The molecule has 0 fully saturated rings. The molecule has 13 heavy (non-hydrogen) atoms. The topological polar surface area (TPSA) is 43.4 Å². The molecule has 0 aliphatic rings. The van der Waals surface area contributed by atoms with Gasteiger partial charge in [-0.05, 0) is 26.3 Å². The molecule has 0 rings (SSSR count). The van der Waals surface area contributed by atoms with Crippen molar-refractivity contribution in [2.75, 3.05) is 6.61 Å². The molecule has 0 aromatic carbocycles. The molecule has 1 unspecified atom stereocenters. The second-order valence-corrected chi connectivity index (χ2v) is 2.56. The van der Waals surface area contributed by atoms with Gasteiger partial charge in [-0.1, -0.05) is 6.58 Å². The molecule has 0 N–H and O–H groups in total. The second kappa shape index (κ2) is 6.21. The van der Waals surface area contributed by atoms with Crippen LogP contribution in [0.25, 0.3) is 0 Å². The van der Waals surface area contributed by atoms with E-state index in [-0.39, 0.29) is 5.78 Å². The lowest BCUT2D eigenvalue weighted by Crippen LogP contribution is -2.23. The van der Waals surface area contributed by atoms with Crippen molar-refractivity contribution in [1.82, 2.24) is 0 Å². The molecule has 0 aliphatic heterocycles. The highest BCUT2D eigenvalue weighted by Crippen LogP contribution is 2.07. The SMILES string of the molecule is C=C=CCC(C(C)=O)C(=O)OCC. The van der Waals surface area contributed by atoms with Gasteiger partial charge in [0, 0.05) is 0 Å². The van der Waals surface area contributed by atoms with Gasteiger partial charge in [-0.15, -0.1) is 5.73 Å². The van der Waals surface area contributed by atoms with E-state index < -0.39 is 11.9 Å². The largest absolute Gasteiger partial charge is 0.465 e. The summed E-state index contributed by atoms with van der Waals surface area (Å²) in [5, 5.41) is 0. The molecule has 0 aromatic heterocycles. The molecule has 0 saturated heterocycles. The van der Waals surface area contributed by atoms with Gasteiger partial charge in [0.25, 0.3) is 0 Å². The molecule has 0 amide bonds. The molecule has 1 atom stereocenters. The molecule has 0 aromatic rings. The Morgan fingerprint density at radius 1 is 1.62 bits per heavy atom. The maximum Gasteiger partial charge on any atom is 0.316 e. The molecule has 0 spiro atoms. The number of ether oxygens (including phenoxy) is 1. The average Bonchev–Trinajstić information content (AvgIpc) is 2.05. The van der Waals surface area contributed by atoms with E-state index in [2.05, 4.69) is 12.3 Å². The number of allylic oxidation sites excluding steroid dienone is 1. The monoisotopic (exact) mass is 182 g/mol. The van der Waals surface area contributed by atoms with Gasteiger partial charge in [0.15, 0.2) is 0 Å². The molecule has 0 saturated carbocycles. The summed E-state index contributed by atoms with van der Waals surface area (Å²) in [5.41, 5.74) is 2.52. The Balaban J connectivity index is 4.31. The van der Waals surface area contributed by atoms with Gasteiger partial charge in [0.05, 0.1) is 6.61 Å². The van der Waals surface area contributed by atoms with Gasteiger partial charge in [0.1, 0.15) is 11.7 Å². The van der Waals surface area contributed by atoms with Crippen LogP contribution in [0.3, 0.4) is 0 Å². The van der Waals surface area contributed by atoms with Crippen molar-refractivity contribution < 1.29 is 14.3 Å². The van der Waals surface area contributed by atoms with Crippen LogP contribution in [-0.4, -0.2) is 18.4 Å². The highest BCUT2D eigenvalue weighted by molar-refractivity contribution is 5.97. The Morgan fingerprint density at radius 3 is 2.62 bits per heavy atom. The first kappa shape index (κ1) is 11.7. The number of hydrogen-bond acceptors (Lipinski definition) is 3. The van der Waals surface area contributed by atoms with Crippen molar-refractivity contribution in [2.45, 2.75) is 20.3 Å². The van der Waals surface area contributed by atoms with Crippen LogP contribution in [0.5, 0.6) is 0 Å². The highest BCUT2D eigenvalue weighted by Gasteiger charge is 2.22. The Hall–Kier alpha value is -1.34. The third-order valence-corrected chi connectivity index (χ3v) is 1.56. The van der Waals surface area contributed by atoms with Crippen molar-refractivity contribution in [3.63, 3.8) is 0 Å². The lowest BCUT2D eigenvalue weighted by molar-refractivity contribution is -0.150. The summed E-state index contributed by atoms with van der Waals surface area (Å²) in [6.07, 6.45) is 1.88. The van der Waals surface area contributed by atoms with E-state index in [1.807, 2.05) is 0 Å². The first-order chi connectivity index (χ1) is 6.13. The molecule has 0 aliphatic carbocycles. The van der Waals surface area contributed by atoms with Gasteiger partial charge >= 0.3 is 5.97 Å². The summed E-state index contributed by atoms with van der Waals surface area (Å²) in [4.78, 5) is 22.2. The Bertz CT molecular complexity index is 237. The summed E-state index contributed by atoms with van der Waals surface area (Å²) in [5.74, 6) is -1.36. The fourth-order valence-electron chi connectivity index (χ4n) is 0.872. The van der Waals surface area contributed by atoms with E-state index in [4.69, 9.17) is 4.74 Å². The third kappa shape index (κ3) is 4.28. The maximum absolute atomic E-state index is 11.2. The lowest BCUT2D eigenvalue weighted by Gasteiger charge is -2.09. The first-order valence-corrected chi connectivity index (χ1v) is 4.14. The van der Waals surface area contributed by atoms with Crippen LogP contribution in [0.15, 0.2) is 18.4 Å². The molecule has 0 bridgehead atoms. The molecule has 72 valence electrons. The van der Waals surface area contributed by atoms with Crippen molar-refractivity contribution in [3.8, 4) is 0 Å². The maximum atomic E-state index is 11.2. The highest BCUT2D eigenvalue weighted by atomic mass is 16.5. The minimum Gasteiger partial charge on any atom is -0.465 e. The standard InChI is InChI=1S/C10H14O3/c1-4-6-7-9(8(3)11)10(12)13-5-2/h6,9H,1,5,7H2,2-3H3. The van der Waals surface area contributed by atoms with Crippen molar-refractivity contribution in [2.24, 2.45) is 5.92 Å². The summed E-state index contributed by atoms with van der Waals surface area (Å²) < 4.78 is 4.73.